The predicted molar refractivity (Wildman–Crippen MR) is 87.3 cm³/mol. The van der Waals surface area contributed by atoms with E-state index in [9.17, 15) is 20.0 Å². The molecule has 0 saturated carbocycles. The lowest BCUT2D eigenvalue weighted by Gasteiger charge is -2.08. The Kier molecular flexibility index (Phi) is 3.83. The molecule has 1 heterocycles. The lowest BCUT2D eigenvalue weighted by Crippen LogP contribution is -2.01. The fourth-order valence-electron chi connectivity index (χ4n) is 2.41. The largest absolute Gasteiger partial charge is 0.497 e. The van der Waals surface area contributed by atoms with Crippen LogP contribution in [0.15, 0.2) is 48.5 Å². The quantitative estimate of drug-likeness (QED) is 0.582. The predicted octanol–water partition coefficient (Wildman–Crippen LogP) is 3.52. The second kappa shape index (κ2) is 5.96. The highest BCUT2D eigenvalue weighted by atomic mass is 16.6. The first-order valence-corrected chi connectivity index (χ1v) is 6.96. The van der Waals surface area contributed by atoms with Gasteiger partial charge in [-0.25, -0.2) is 9.78 Å². The molecule has 1 N–H and O–H groups in total. The minimum atomic E-state index is -1.17. The van der Waals surface area contributed by atoms with E-state index < -0.39 is 10.9 Å². The Balaban J connectivity index is 2.21. The molecule has 120 valence electrons. The molecule has 0 spiro atoms. The number of rotatable bonds is 4. The maximum absolute atomic E-state index is 11.6. The van der Waals surface area contributed by atoms with E-state index in [0.29, 0.717) is 17.0 Å². The molecular formula is C17H12N2O5. The van der Waals surface area contributed by atoms with Crippen LogP contribution in [0.5, 0.6) is 5.75 Å². The molecule has 0 saturated heterocycles. The van der Waals surface area contributed by atoms with Gasteiger partial charge in [-0.05, 0) is 36.4 Å². The number of non-ortho nitro benzene ring substituents is 1. The Labute approximate surface area is 136 Å². The molecule has 3 aromatic rings. The number of fused-ring (bicyclic) bond motifs is 1. The van der Waals surface area contributed by atoms with E-state index in [-0.39, 0.29) is 16.6 Å². The number of aromatic carboxylic acids is 1. The number of ether oxygens (including phenoxy) is 1. The summed E-state index contributed by atoms with van der Waals surface area (Å²) in [4.78, 5) is 26.3. The summed E-state index contributed by atoms with van der Waals surface area (Å²) in [6.45, 7) is 0. The Morgan fingerprint density at radius 1 is 1.17 bits per heavy atom. The molecule has 1 aromatic heterocycles. The van der Waals surface area contributed by atoms with Crippen molar-refractivity contribution in [2.24, 2.45) is 0 Å². The van der Waals surface area contributed by atoms with Crippen molar-refractivity contribution in [1.29, 1.82) is 0 Å². The number of pyridine rings is 1. The topological polar surface area (TPSA) is 103 Å². The Morgan fingerprint density at radius 3 is 2.46 bits per heavy atom. The van der Waals surface area contributed by atoms with Crippen LogP contribution in [-0.2, 0) is 0 Å². The summed E-state index contributed by atoms with van der Waals surface area (Å²) in [5, 5.41) is 20.6. The Hall–Kier alpha value is -3.48. The number of nitro benzene ring substituents is 1. The van der Waals surface area contributed by atoms with Crippen LogP contribution in [0.1, 0.15) is 10.4 Å². The molecule has 0 radical (unpaired) electrons. The van der Waals surface area contributed by atoms with Crippen molar-refractivity contribution in [1.82, 2.24) is 4.98 Å². The van der Waals surface area contributed by atoms with Gasteiger partial charge in [-0.1, -0.05) is 0 Å². The maximum Gasteiger partial charge on any atom is 0.336 e. The minimum absolute atomic E-state index is 0.0329. The van der Waals surface area contributed by atoms with Gasteiger partial charge in [-0.3, -0.25) is 10.1 Å². The van der Waals surface area contributed by atoms with Gasteiger partial charge in [-0.15, -0.1) is 0 Å². The molecule has 24 heavy (non-hydrogen) atoms. The summed E-state index contributed by atoms with van der Waals surface area (Å²) < 4.78 is 5.09. The number of carbonyl (C=O) groups is 1. The molecule has 7 heteroatoms. The first-order chi connectivity index (χ1) is 11.5. The molecule has 0 aliphatic carbocycles. The zero-order chi connectivity index (χ0) is 17.3. The summed E-state index contributed by atoms with van der Waals surface area (Å²) in [5.41, 5.74) is 1.36. The molecular weight excluding hydrogens is 312 g/mol. The van der Waals surface area contributed by atoms with Gasteiger partial charge in [0, 0.05) is 23.1 Å². The van der Waals surface area contributed by atoms with Gasteiger partial charge in [0.05, 0.1) is 28.8 Å². The summed E-state index contributed by atoms with van der Waals surface area (Å²) in [6, 6.07) is 12.4. The summed E-state index contributed by atoms with van der Waals surface area (Å²) in [6.07, 6.45) is 0. The van der Waals surface area contributed by atoms with Crippen LogP contribution in [0.3, 0.4) is 0 Å². The van der Waals surface area contributed by atoms with Gasteiger partial charge in [0.1, 0.15) is 5.75 Å². The van der Waals surface area contributed by atoms with Crippen LogP contribution in [0.25, 0.3) is 22.2 Å². The van der Waals surface area contributed by atoms with E-state index in [1.165, 1.54) is 24.3 Å². The van der Waals surface area contributed by atoms with Crippen LogP contribution in [0.2, 0.25) is 0 Å². The number of nitrogens with zero attached hydrogens (tertiary/aromatic N) is 2. The zero-order valence-corrected chi connectivity index (χ0v) is 12.6. The highest BCUT2D eigenvalue weighted by Gasteiger charge is 2.16. The van der Waals surface area contributed by atoms with Crippen LogP contribution in [0, 0.1) is 10.1 Å². The van der Waals surface area contributed by atoms with Gasteiger partial charge in [0.25, 0.3) is 5.69 Å². The summed E-state index contributed by atoms with van der Waals surface area (Å²) >= 11 is 0. The molecule has 0 aliphatic rings. The monoisotopic (exact) mass is 324 g/mol. The molecule has 0 unspecified atom stereocenters. The van der Waals surface area contributed by atoms with E-state index in [0.717, 1.165) is 5.56 Å². The van der Waals surface area contributed by atoms with Crippen LogP contribution >= 0.6 is 0 Å². The second-order valence-electron chi connectivity index (χ2n) is 5.05. The molecule has 2 aromatic carbocycles. The average Bonchev–Trinajstić information content (AvgIpc) is 2.60. The fourth-order valence-corrected chi connectivity index (χ4v) is 2.41. The first kappa shape index (κ1) is 15.4. The van der Waals surface area contributed by atoms with Gasteiger partial charge in [0.15, 0.2) is 0 Å². The molecule has 0 atom stereocenters. The third-order valence-electron chi connectivity index (χ3n) is 3.62. The SMILES string of the molecule is COc1ccc(-c2cc(C(=O)O)c3cc([N+](=O)[O-])ccc3n2)cc1. The molecule has 7 nitrogen and oxygen atoms in total. The highest BCUT2D eigenvalue weighted by Crippen LogP contribution is 2.28. The smallest absolute Gasteiger partial charge is 0.336 e. The molecule has 3 rings (SSSR count). The minimum Gasteiger partial charge on any atom is -0.497 e. The van der Waals surface area contributed by atoms with Crippen molar-refractivity contribution in [3.63, 3.8) is 0 Å². The van der Waals surface area contributed by atoms with Crippen LogP contribution in [-0.4, -0.2) is 28.1 Å². The number of nitro groups is 1. The van der Waals surface area contributed by atoms with Gasteiger partial charge in [-0.2, -0.15) is 0 Å². The fraction of sp³-hybridized carbons (Fsp3) is 0.0588. The number of carboxylic acids is 1. The van der Waals surface area contributed by atoms with E-state index >= 15 is 0 Å². The van der Waals surface area contributed by atoms with Gasteiger partial charge in [0.2, 0.25) is 0 Å². The van der Waals surface area contributed by atoms with E-state index in [1.54, 1.807) is 31.4 Å². The Bertz CT molecular complexity index is 951. The first-order valence-electron chi connectivity index (χ1n) is 6.96. The summed E-state index contributed by atoms with van der Waals surface area (Å²) in [5.74, 6) is -0.494. The van der Waals surface area contributed by atoms with Crippen molar-refractivity contribution in [3.05, 3.63) is 64.2 Å². The molecule has 0 aliphatic heterocycles. The average molecular weight is 324 g/mol. The number of hydrogen-bond donors (Lipinski definition) is 1. The van der Waals surface area contributed by atoms with Crippen molar-refractivity contribution >= 4 is 22.6 Å². The third-order valence-corrected chi connectivity index (χ3v) is 3.62. The van der Waals surface area contributed by atoms with E-state index in [4.69, 9.17) is 4.74 Å². The number of hydrogen-bond acceptors (Lipinski definition) is 5. The summed E-state index contributed by atoms with van der Waals surface area (Å²) in [7, 11) is 1.55. The number of methoxy groups -OCH3 is 1. The molecule has 0 amide bonds. The number of carboxylic acid groups (broad SMARTS) is 1. The van der Waals surface area contributed by atoms with Gasteiger partial charge < -0.3 is 9.84 Å². The second-order valence-corrected chi connectivity index (χ2v) is 5.05. The molecule has 0 bridgehead atoms. The molecule has 0 fully saturated rings. The highest BCUT2D eigenvalue weighted by molar-refractivity contribution is 6.04. The number of benzene rings is 2. The van der Waals surface area contributed by atoms with Crippen LogP contribution < -0.4 is 4.74 Å². The maximum atomic E-state index is 11.6. The standard InChI is InChI=1S/C17H12N2O5/c1-24-12-5-2-10(3-6-12)16-9-14(17(20)21)13-8-11(19(22)23)4-7-15(13)18-16/h2-9H,1H3,(H,20,21). The Morgan fingerprint density at radius 2 is 1.88 bits per heavy atom. The lowest BCUT2D eigenvalue weighted by molar-refractivity contribution is -0.384. The van der Waals surface area contributed by atoms with Crippen LogP contribution in [0.4, 0.5) is 5.69 Å². The van der Waals surface area contributed by atoms with Gasteiger partial charge >= 0.3 is 5.97 Å². The number of aromatic nitrogens is 1. The van der Waals surface area contributed by atoms with Crippen molar-refractivity contribution in [3.8, 4) is 17.0 Å². The van der Waals surface area contributed by atoms with Crippen molar-refractivity contribution < 1.29 is 19.6 Å². The van der Waals surface area contributed by atoms with E-state index in [2.05, 4.69) is 4.98 Å². The van der Waals surface area contributed by atoms with Crippen molar-refractivity contribution in [2.75, 3.05) is 7.11 Å². The van der Waals surface area contributed by atoms with E-state index in [1.807, 2.05) is 0 Å². The third kappa shape index (κ3) is 2.74. The lowest BCUT2D eigenvalue weighted by atomic mass is 10.0. The normalized spacial score (nSPS) is 10.5. The van der Waals surface area contributed by atoms with Crippen molar-refractivity contribution in [2.45, 2.75) is 0 Å². The zero-order valence-electron chi connectivity index (χ0n) is 12.6.